The Labute approximate surface area is 180 Å². The van der Waals surface area contributed by atoms with Crippen molar-refractivity contribution < 1.29 is 9.84 Å². The van der Waals surface area contributed by atoms with Gasteiger partial charge in [0.1, 0.15) is 11.3 Å². The van der Waals surface area contributed by atoms with E-state index in [1.165, 1.54) is 0 Å². The molecule has 1 rings (SSSR count). The third kappa shape index (κ3) is 7.70. The number of rotatable bonds is 10. The van der Waals surface area contributed by atoms with Gasteiger partial charge in [0.05, 0.1) is 23.1 Å². The fourth-order valence-electron chi connectivity index (χ4n) is 2.28. The second kappa shape index (κ2) is 10.0. The second-order valence-electron chi connectivity index (χ2n) is 8.88. The van der Waals surface area contributed by atoms with Gasteiger partial charge in [0.25, 0.3) is 0 Å². The lowest BCUT2D eigenvalue weighted by molar-refractivity contribution is 0.0483. The zero-order valence-electron chi connectivity index (χ0n) is 18.4. The summed E-state index contributed by atoms with van der Waals surface area (Å²) in [5.41, 5.74) is 2.16. The van der Waals surface area contributed by atoms with Crippen molar-refractivity contribution in [2.75, 3.05) is 13.3 Å². The van der Waals surface area contributed by atoms with Crippen LogP contribution in [0.4, 0.5) is 0 Å². The van der Waals surface area contributed by atoms with Crippen LogP contribution in [0.2, 0.25) is 25.7 Å². The molecule has 2 N–H and O–H groups in total. The Morgan fingerprint density at radius 3 is 2.57 bits per heavy atom. The molecule has 0 aliphatic carbocycles. The largest absolute Gasteiger partial charge is 0.388 e. The molecule has 1 aliphatic heterocycles. The van der Waals surface area contributed by atoms with Crippen LogP contribution >= 0.6 is 15.9 Å². The molecule has 28 heavy (non-hydrogen) atoms. The predicted octanol–water partition coefficient (Wildman–Crippen LogP) is 4.97. The molecule has 1 heterocycles. The minimum atomic E-state index is -1.13. The zero-order valence-corrected chi connectivity index (χ0v) is 21.0. The third-order valence-electron chi connectivity index (χ3n) is 4.62. The predicted molar refractivity (Wildman–Crippen MR) is 126 cm³/mol. The average Bonchev–Trinajstić information content (AvgIpc) is 2.86. The van der Waals surface area contributed by atoms with Gasteiger partial charge in [0.2, 0.25) is 0 Å². The van der Waals surface area contributed by atoms with Crippen LogP contribution in [0.5, 0.6) is 0 Å². The molecule has 1 aliphatic rings. The average molecular weight is 471 g/mol. The molecule has 0 amide bonds. The van der Waals surface area contributed by atoms with Crippen molar-refractivity contribution in [1.29, 1.82) is 0 Å². The third-order valence-corrected chi connectivity index (χ3v) is 6.96. The summed E-state index contributed by atoms with van der Waals surface area (Å²) in [4.78, 5) is 6.59. The summed E-state index contributed by atoms with van der Waals surface area (Å²) in [6.07, 6.45) is 3.83. The van der Waals surface area contributed by atoms with E-state index in [1.54, 1.807) is 13.8 Å². The molecule has 0 radical (unpaired) electrons. The van der Waals surface area contributed by atoms with E-state index in [9.17, 15) is 5.11 Å². The van der Waals surface area contributed by atoms with Gasteiger partial charge in [0.15, 0.2) is 0 Å². The Morgan fingerprint density at radius 2 is 2.07 bits per heavy atom. The van der Waals surface area contributed by atoms with E-state index < -0.39 is 13.7 Å². The number of allylic oxidation sites excluding steroid dienone is 3. The van der Waals surface area contributed by atoms with E-state index in [4.69, 9.17) is 4.74 Å². The van der Waals surface area contributed by atoms with Gasteiger partial charge in [-0.25, -0.2) is 4.99 Å². The van der Waals surface area contributed by atoms with Gasteiger partial charge in [-0.1, -0.05) is 38.9 Å². The molecule has 0 spiro atoms. The van der Waals surface area contributed by atoms with Crippen LogP contribution in [0, 0.1) is 0 Å². The number of hydrogen-bond acceptors (Lipinski definition) is 5. The van der Waals surface area contributed by atoms with Gasteiger partial charge in [-0.2, -0.15) is 0 Å². The van der Waals surface area contributed by atoms with E-state index in [-0.39, 0.29) is 6.04 Å². The van der Waals surface area contributed by atoms with E-state index >= 15 is 0 Å². The molecule has 0 bridgehead atoms. The highest BCUT2D eigenvalue weighted by molar-refractivity contribution is 9.11. The number of aliphatic hydroxyl groups is 1. The van der Waals surface area contributed by atoms with Crippen molar-refractivity contribution in [2.24, 2.45) is 4.99 Å². The first-order valence-corrected chi connectivity index (χ1v) is 14.1. The number of aliphatic imine (C=N–C) groups is 1. The van der Waals surface area contributed by atoms with Gasteiger partial charge >= 0.3 is 0 Å². The molecule has 0 aromatic carbocycles. The van der Waals surface area contributed by atoms with Crippen molar-refractivity contribution in [2.45, 2.75) is 65.0 Å². The van der Waals surface area contributed by atoms with Gasteiger partial charge in [0, 0.05) is 32.2 Å². The summed E-state index contributed by atoms with van der Waals surface area (Å²) in [5.74, 6) is 0. The first kappa shape index (κ1) is 24.9. The first-order valence-electron chi connectivity index (χ1n) is 9.61. The van der Waals surface area contributed by atoms with Crippen LogP contribution in [-0.2, 0) is 4.74 Å². The van der Waals surface area contributed by atoms with Crippen LogP contribution in [0.25, 0.3) is 0 Å². The molecule has 5 nitrogen and oxygen atoms in total. The maximum atomic E-state index is 10.2. The highest BCUT2D eigenvalue weighted by Gasteiger charge is 2.29. The van der Waals surface area contributed by atoms with Crippen molar-refractivity contribution in [3.8, 4) is 0 Å². The fourth-order valence-corrected chi connectivity index (χ4v) is 3.21. The molecule has 158 valence electrons. The number of hydrogen-bond donors (Lipinski definition) is 2. The number of nitrogens with one attached hydrogen (secondary N) is 1. The van der Waals surface area contributed by atoms with Crippen molar-refractivity contribution in [1.82, 2.24) is 10.2 Å². The standard InChI is InChI=1S/C21H36BrN3O2Si/c1-10-19(22)24-20-16(3)25(14-27-11-12-28(7,8)9)13-18(20)15(2)23-17(4)21(5,6)26/h10,13,17,23,26H,2-3,11-12,14H2,1,4-9H3/b19-10-,24-20+/t17-/m1/s1. The lowest BCUT2D eigenvalue weighted by atomic mass is 9.99. The SMILES string of the molecule is C=C(N[C@H](C)C(C)(C)O)C1=CN(COCC[Si](C)(C)C)C(=C)/C1=N\C(Br)=C/C. The molecule has 0 aromatic rings. The first-order chi connectivity index (χ1) is 12.8. The summed E-state index contributed by atoms with van der Waals surface area (Å²) < 4.78 is 6.61. The van der Waals surface area contributed by atoms with Crippen LogP contribution in [-0.4, -0.2) is 48.8 Å². The molecule has 1 atom stereocenters. The van der Waals surface area contributed by atoms with Gasteiger partial charge in [-0.3, -0.25) is 0 Å². The normalized spacial score (nSPS) is 18.5. The summed E-state index contributed by atoms with van der Waals surface area (Å²) in [5, 5.41) is 13.5. The molecule has 7 heteroatoms. The molecular formula is C21H36BrN3O2Si. The maximum Gasteiger partial charge on any atom is 0.122 e. The van der Waals surface area contributed by atoms with Crippen LogP contribution in [0.15, 0.2) is 52.0 Å². The van der Waals surface area contributed by atoms with Crippen molar-refractivity contribution in [3.63, 3.8) is 0 Å². The smallest absolute Gasteiger partial charge is 0.122 e. The van der Waals surface area contributed by atoms with Gasteiger partial charge < -0.3 is 20.1 Å². The summed E-state index contributed by atoms with van der Waals surface area (Å²) >= 11 is 3.45. The highest BCUT2D eigenvalue weighted by Crippen LogP contribution is 2.28. The Balaban J connectivity index is 2.98. The Bertz CT molecular complexity index is 685. The lowest BCUT2D eigenvalue weighted by Crippen LogP contribution is -2.44. The minimum absolute atomic E-state index is 0.178. The van der Waals surface area contributed by atoms with E-state index in [0.29, 0.717) is 12.4 Å². The second-order valence-corrected chi connectivity index (χ2v) is 15.3. The molecule has 0 saturated carbocycles. The molecular weight excluding hydrogens is 434 g/mol. The minimum Gasteiger partial charge on any atom is -0.388 e. The van der Waals surface area contributed by atoms with Gasteiger partial charge in [-0.15, -0.1) is 0 Å². The summed E-state index contributed by atoms with van der Waals surface area (Å²) in [7, 11) is -1.13. The van der Waals surface area contributed by atoms with Crippen LogP contribution in [0.3, 0.4) is 0 Å². The number of halogens is 1. The number of nitrogens with zero attached hydrogens (tertiary/aromatic N) is 2. The topological polar surface area (TPSA) is 57.1 Å². The fraction of sp³-hybridized carbons (Fsp3) is 0.571. The Morgan fingerprint density at radius 1 is 1.46 bits per heavy atom. The summed E-state index contributed by atoms with van der Waals surface area (Å²) in [6.45, 7) is 23.9. The van der Waals surface area contributed by atoms with Crippen molar-refractivity contribution >= 4 is 29.7 Å². The van der Waals surface area contributed by atoms with E-state index in [0.717, 1.165) is 34.2 Å². The molecule has 0 saturated heterocycles. The van der Waals surface area contributed by atoms with Crippen molar-refractivity contribution in [3.05, 3.63) is 47.0 Å². The van der Waals surface area contributed by atoms with E-state index in [2.05, 4.69) is 59.0 Å². The summed E-state index contributed by atoms with van der Waals surface area (Å²) in [6, 6.07) is 0.939. The Hall–Kier alpha value is -1.15. The molecule has 0 unspecified atom stereocenters. The molecule has 0 fully saturated rings. The lowest BCUT2D eigenvalue weighted by Gasteiger charge is -2.28. The van der Waals surface area contributed by atoms with E-state index in [1.807, 2.05) is 31.0 Å². The molecule has 0 aromatic heterocycles. The maximum absolute atomic E-state index is 10.2. The quantitative estimate of drug-likeness (QED) is 0.269. The number of ether oxygens (including phenoxy) is 1. The van der Waals surface area contributed by atoms with Gasteiger partial charge in [-0.05, 0) is 49.7 Å². The highest BCUT2D eigenvalue weighted by atomic mass is 79.9. The zero-order chi connectivity index (χ0) is 21.7. The van der Waals surface area contributed by atoms with Crippen LogP contribution in [0.1, 0.15) is 27.7 Å². The monoisotopic (exact) mass is 469 g/mol. The van der Waals surface area contributed by atoms with Crippen LogP contribution < -0.4 is 5.32 Å². The Kier molecular flexibility index (Phi) is 8.93.